The van der Waals surface area contributed by atoms with Crippen LogP contribution in [0.1, 0.15) is 5.56 Å². The van der Waals surface area contributed by atoms with Crippen molar-refractivity contribution in [2.75, 3.05) is 26.2 Å². The lowest BCUT2D eigenvalue weighted by atomic mass is 10.1. The van der Waals surface area contributed by atoms with E-state index < -0.39 is 0 Å². The van der Waals surface area contributed by atoms with Crippen LogP contribution >= 0.6 is 12.8 Å². The maximum Gasteiger partial charge on any atom is 0.257 e. The van der Waals surface area contributed by atoms with E-state index in [2.05, 4.69) is 56.3 Å². The topological polar surface area (TPSA) is 55.1 Å². The number of H-pyrrole nitrogens is 2. The van der Waals surface area contributed by atoms with Crippen LogP contribution in [-0.2, 0) is 6.54 Å². The van der Waals surface area contributed by atoms with E-state index in [0.29, 0.717) is 5.56 Å². The minimum atomic E-state index is -0.0740. The van der Waals surface area contributed by atoms with E-state index in [9.17, 15) is 4.79 Å². The van der Waals surface area contributed by atoms with Crippen LogP contribution in [0.3, 0.4) is 0 Å². The summed E-state index contributed by atoms with van der Waals surface area (Å²) in [5, 5.41) is 2.16. The van der Waals surface area contributed by atoms with Gasteiger partial charge in [-0.3, -0.25) is 14.0 Å². The van der Waals surface area contributed by atoms with Gasteiger partial charge in [-0.1, -0.05) is 37.1 Å². The number of hydrogen-bond donors (Lipinski definition) is 3. The zero-order chi connectivity index (χ0) is 19.1. The molecule has 0 amide bonds. The molecule has 6 heteroatoms. The highest BCUT2D eigenvalue weighted by atomic mass is 32.1. The fourth-order valence-corrected chi connectivity index (χ4v) is 4.11. The van der Waals surface area contributed by atoms with Crippen LogP contribution in [0.2, 0.25) is 0 Å². The normalized spacial score (nSPS) is 16.2. The minimum absolute atomic E-state index is 0.0740. The number of nitrogens with one attached hydrogen (secondary N) is 2. The van der Waals surface area contributed by atoms with Crippen LogP contribution < -0.4 is 5.56 Å². The molecular weight excluding hydrogens is 368 g/mol. The predicted octanol–water partition coefficient (Wildman–Crippen LogP) is 3.64. The monoisotopic (exact) mass is 390 g/mol. The highest BCUT2D eigenvalue weighted by Gasteiger charge is 2.15. The molecule has 0 saturated carbocycles. The molecule has 28 heavy (non-hydrogen) atoms. The summed E-state index contributed by atoms with van der Waals surface area (Å²) in [7, 11) is 0. The molecule has 1 aliphatic rings. The fraction of sp³-hybridized carbons (Fsp3) is 0.227. The average Bonchev–Trinajstić information content (AvgIpc) is 3.12. The number of para-hydroxylation sites is 1. The molecule has 4 aromatic rings. The van der Waals surface area contributed by atoms with Crippen molar-refractivity contribution in [3.05, 3.63) is 70.5 Å². The number of hydrogen-bond acceptors (Lipinski definition) is 4. The zero-order valence-electron chi connectivity index (χ0n) is 15.5. The van der Waals surface area contributed by atoms with Gasteiger partial charge in [0.25, 0.3) is 5.56 Å². The van der Waals surface area contributed by atoms with Gasteiger partial charge in [-0.15, -0.1) is 0 Å². The Morgan fingerprint density at radius 2 is 1.64 bits per heavy atom. The molecule has 2 aromatic heterocycles. The van der Waals surface area contributed by atoms with E-state index in [4.69, 9.17) is 0 Å². The first-order valence-electron chi connectivity index (χ1n) is 9.56. The standard InChI is InChI=1S/C22H22N4OS/c27-22-18(12-16-3-1-2-4-19(16)24-22)21-13-17-11-15(5-6-20(17)23-21)14-25-7-9-26(28)10-8-25/h1-6,11-13,23,28H,7-10,14H2,(H,24,27). The van der Waals surface area contributed by atoms with Crippen molar-refractivity contribution in [2.24, 2.45) is 0 Å². The quantitative estimate of drug-likeness (QED) is 0.468. The molecular formula is C22H22N4OS. The van der Waals surface area contributed by atoms with Gasteiger partial charge in [0.05, 0.1) is 11.3 Å². The van der Waals surface area contributed by atoms with E-state index in [1.807, 2.05) is 30.3 Å². The third-order valence-corrected chi connectivity index (χ3v) is 5.88. The summed E-state index contributed by atoms with van der Waals surface area (Å²) in [6.07, 6.45) is 0. The van der Waals surface area contributed by atoms with Crippen molar-refractivity contribution in [3.8, 4) is 11.3 Å². The molecule has 0 atom stereocenters. The lowest BCUT2D eigenvalue weighted by Crippen LogP contribution is -2.41. The largest absolute Gasteiger partial charge is 0.354 e. The van der Waals surface area contributed by atoms with Gasteiger partial charge >= 0.3 is 0 Å². The first-order valence-corrected chi connectivity index (χ1v) is 9.96. The number of pyridine rings is 1. The van der Waals surface area contributed by atoms with Crippen molar-refractivity contribution in [3.63, 3.8) is 0 Å². The summed E-state index contributed by atoms with van der Waals surface area (Å²) in [4.78, 5) is 21.4. The highest BCUT2D eigenvalue weighted by Crippen LogP contribution is 2.25. The van der Waals surface area contributed by atoms with E-state index in [0.717, 1.165) is 60.2 Å². The summed E-state index contributed by atoms with van der Waals surface area (Å²) in [6.45, 7) is 4.99. The molecule has 142 valence electrons. The van der Waals surface area contributed by atoms with Gasteiger partial charge in [-0.2, -0.15) is 0 Å². The van der Waals surface area contributed by atoms with E-state index >= 15 is 0 Å². The number of fused-ring (bicyclic) bond motifs is 2. The second-order valence-corrected chi connectivity index (χ2v) is 8.00. The second kappa shape index (κ2) is 7.13. The van der Waals surface area contributed by atoms with Gasteiger partial charge in [0.15, 0.2) is 0 Å². The average molecular weight is 391 g/mol. The highest BCUT2D eigenvalue weighted by molar-refractivity contribution is 7.77. The number of thiol groups is 1. The molecule has 0 radical (unpaired) electrons. The van der Waals surface area contributed by atoms with E-state index in [1.165, 1.54) is 5.56 Å². The van der Waals surface area contributed by atoms with Crippen molar-refractivity contribution in [2.45, 2.75) is 6.54 Å². The Balaban J connectivity index is 1.47. The lowest BCUT2D eigenvalue weighted by Gasteiger charge is -2.31. The summed E-state index contributed by atoms with van der Waals surface area (Å²) in [5.74, 6) is 0. The molecule has 0 spiro atoms. The molecule has 3 heterocycles. The molecule has 0 bridgehead atoms. The van der Waals surface area contributed by atoms with Crippen LogP contribution in [0.4, 0.5) is 0 Å². The summed E-state index contributed by atoms with van der Waals surface area (Å²) in [5.41, 5.74) is 4.64. The van der Waals surface area contributed by atoms with Crippen molar-refractivity contribution < 1.29 is 0 Å². The maximum absolute atomic E-state index is 12.6. The number of aromatic amines is 2. The third-order valence-electron chi connectivity index (χ3n) is 5.48. The van der Waals surface area contributed by atoms with E-state index in [1.54, 1.807) is 0 Å². The molecule has 5 nitrogen and oxygen atoms in total. The molecule has 2 N–H and O–H groups in total. The van der Waals surface area contributed by atoms with Crippen LogP contribution in [0, 0.1) is 0 Å². The van der Waals surface area contributed by atoms with Crippen molar-refractivity contribution in [1.82, 2.24) is 19.2 Å². The van der Waals surface area contributed by atoms with Gasteiger partial charge in [-0.25, -0.2) is 0 Å². The van der Waals surface area contributed by atoms with Gasteiger partial charge in [0.1, 0.15) is 0 Å². The third kappa shape index (κ3) is 3.35. The summed E-state index contributed by atoms with van der Waals surface area (Å²) >= 11 is 4.42. The number of piperazine rings is 1. The Labute approximate surface area is 168 Å². The first kappa shape index (κ1) is 17.6. The Morgan fingerprint density at radius 3 is 2.50 bits per heavy atom. The van der Waals surface area contributed by atoms with Crippen molar-refractivity contribution in [1.29, 1.82) is 0 Å². The van der Waals surface area contributed by atoms with Crippen molar-refractivity contribution >= 4 is 34.6 Å². The van der Waals surface area contributed by atoms with Crippen LogP contribution in [-0.4, -0.2) is 45.4 Å². The van der Waals surface area contributed by atoms with Gasteiger partial charge < -0.3 is 9.97 Å². The molecule has 1 saturated heterocycles. The molecule has 1 fully saturated rings. The van der Waals surface area contributed by atoms with Gasteiger partial charge in [0.2, 0.25) is 0 Å². The first-order chi connectivity index (χ1) is 13.7. The summed E-state index contributed by atoms with van der Waals surface area (Å²) in [6, 6.07) is 18.4. The molecule has 0 aliphatic carbocycles. The molecule has 5 rings (SSSR count). The number of aromatic nitrogens is 2. The van der Waals surface area contributed by atoms with Gasteiger partial charge in [-0.05, 0) is 41.3 Å². The van der Waals surface area contributed by atoms with Crippen LogP contribution in [0.15, 0.2) is 59.4 Å². The second-order valence-electron chi connectivity index (χ2n) is 7.43. The molecule has 1 aliphatic heterocycles. The SMILES string of the molecule is O=c1[nH]c2ccccc2cc1-c1cc2cc(CN3CCN(S)CC3)ccc2[nH]1. The maximum atomic E-state index is 12.6. The fourth-order valence-electron chi connectivity index (χ4n) is 3.93. The number of benzene rings is 2. The smallest absolute Gasteiger partial charge is 0.257 e. The number of rotatable bonds is 3. The predicted molar refractivity (Wildman–Crippen MR) is 118 cm³/mol. The Kier molecular flexibility index (Phi) is 4.47. The minimum Gasteiger partial charge on any atom is -0.354 e. The zero-order valence-corrected chi connectivity index (χ0v) is 16.4. The Hall–Kier alpha value is -2.54. The molecule has 0 unspecified atom stereocenters. The van der Waals surface area contributed by atoms with Gasteiger partial charge in [0, 0.05) is 49.1 Å². The lowest BCUT2D eigenvalue weighted by molar-refractivity contribution is 0.190. The summed E-state index contributed by atoms with van der Waals surface area (Å²) < 4.78 is 2.07. The Morgan fingerprint density at radius 1 is 0.857 bits per heavy atom. The van der Waals surface area contributed by atoms with E-state index in [-0.39, 0.29) is 5.56 Å². The molecule has 2 aromatic carbocycles. The Bertz CT molecular complexity index is 1200. The van der Waals surface area contributed by atoms with Crippen LogP contribution in [0.25, 0.3) is 33.1 Å². The number of nitrogens with zero attached hydrogens (tertiary/aromatic N) is 2. The van der Waals surface area contributed by atoms with Crippen LogP contribution in [0.5, 0.6) is 0 Å².